The van der Waals surface area contributed by atoms with Gasteiger partial charge in [0.1, 0.15) is 5.69 Å². The highest BCUT2D eigenvalue weighted by Crippen LogP contribution is 2.22. The van der Waals surface area contributed by atoms with Crippen LogP contribution in [-0.4, -0.2) is 26.3 Å². The Hall–Kier alpha value is -1.75. The van der Waals surface area contributed by atoms with Crippen molar-refractivity contribution in [1.29, 1.82) is 0 Å². The summed E-state index contributed by atoms with van der Waals surface area (Å²) in [4.78, 5) is 8.95. The van der Waals surface area contributed by atoms with E-state index in [1.807, 2.05) is 25.5 Å². The predicted octanol–water partition coefficient (Wildman–Crippen LogP) is 1.30. The van der Waals surface area contributed by atoms with Gasteiger partial charge >= 0.3 is 0 Å². The van der Waals surface area contributed by atoms with Crippen molar-refractivity contribution in [3.63, 3.8) is 0 Å². The van der Waals surface area contributed by atoms with E-state index in [4.69, 9.17) is 0 Å². The predicted molar refractivity (Wildman–Crippen MR) is 64.2 cm³/mol. The normalized spacial score (nSPS) is 19.7. The summed E-state index contributed by atoms with van der Waals surface area (Å²) in [6, 6.07) is 2.32. The summed E-state index contributed by atoms with van der Waals surface area (Å²) in [5.74, 6) is 0. The molecule has 0 radical (unpaired) electrons. The number of hydrogen-bond acceptors (Lipinski definition) is 4. The van der Waals surface area contributed by atoms with Crippen LogP contribution in [0.5, 0.6) is 0 Å². The molecule has 1 atom stereocenters. The monoisotopic (exact) mass is 229 g/mol. The lowest BCUT2D eigenvalue weighted by molar-refractivity contribution is 0.624. The number of aryl methyl sites for hydroxylation is 1. The van der Waals surface area contributed by atoms with E-state index >= 15 is 0 Å². The van der Waals surface area contributed by atoms with E-state index < -0.39 is 0 Å². The average Bonchev–Trinajstić information content (AvgIpc) is 3.00. The first-order chi connectivity index (χ1) is 8.34. The largest absolute Gasteiger partial charge is 0.309 e. The van der Waals surface area contributed by atoms with E-state index in [0.29, 0.717) is 6.04 Å². The summed E-state index contributed by atoms with van der Waals surface area (Å²) in [7, 11) is 1.91. The molecule has 1 aliphatic rings. The third kappa shape index (κ3) is 1.93. The molecule has 1 saturated heterocycles. The fraction of sp³-hybridized carbons (Fsp3) is 0.417. The van der Waals surface area contributed by atoms with E-state index in [9.17, 15) is 0 Å². The molecule has 2 aromatic heterocycles. The number of nitrogens with one attached hydrogen (secondary N) is 1. The molecule has 0 amide bonds. The molecule has 0 bridgehead atoms. The van der Waals surface area contributed by atoms with E-state index in [2.05, 4.69) is 20.4 Å². The summed E-state index contributed by atoms with van der Waals surface area (Å²) in [6.45, 7) is 1.08. The van der Waals surface area contributed by atoms with Crippen molar-refractivity contribution in [2.45, 2.75) is 18.9 Å². The second-order valence-corrected chi connectivity index (χ2v) is 4.32. The highest BCUT2D eigenvalue weighted by atomic mass is 15.3. The summed E-state index contributed by atoms with van der Waals surface area (Å²) >= 11 is 0. The van der Waals surface area contributed by atoms with Crippen molar-refractivity contribution in [3.8, 4) is 11.4 Å². The minimum Gasteiger partial charge on any atom is -0.309 e. The van der Waals surface area contributed by atoms with Crippen LogP contribution in [0.2, 0.25) is 0 Å². The SMILES string of the molecule is Cn1nccc1-c1cnc([C@H]2CCCN2)cn1. The molecule has 5 nitrogen and oxygen atoms in total. The Morgan fingerprint density at radius 1 is 1.35 bits per heavy atom. The van der Waals surface area contributed by atoms with Gasteiger partial charge in [-0.25, -0.2) is 0 Å². The third-order valence-electron chi connectivity index (χ3n) is 3.17. The lowest BCUT2D eigenvalue weighted by Gasteiger charge is -2.09. The van der Waals surface area contributed by atoms with Gasteiger partial charge in [0, 0.05) is 13.2 Å². The molecule has 3 rings (SSSR count). The highest BCUT2D eigenvalue weighted by molar-refractivity contribution is 5.52. The fourth-order valence-corrected chi connectivity index (χ4v) is 2.21. The van der Waals surface area contributed by atoms with Crippen LogP contribution < -0.4 is 5.32 Å². The molecule has 17 heavy (non-hydrogen) atoms. The number of aromatic nitrogens is 4. The quantitative estimate of drug-likeness (QED) is 0.843. The van der Waals surface area contributed by atoms with Gasteiger partial charge in [-0.1, -0.05) is 0 Å². The van der Waals surface area contributed by atoms with Gasteiger partial charge in [0.2, 0.25) is 0 Å². The molecule has 2 aromatic rings. The van der Waals surface area contributed by atoms with Gasteiger partial charge < -0.3 is 5.32 Å². The third-order valence-corrected chi connectivity index (χ3v) is 3.17. The Labute approximate surface area is 99.9 Å². The van der Waals surface area contributed by atoms with Crippen molar-refractivity contribution in [2.24, 2.45) is 7.05 Å². The maximum atomic E-state index is 4.49. The Balaban J connectivity index is 1.87. The van der Waals surface area contributed by atoms with Gasteiger partial charge in [-0.05, 0) is 25.5 Å². The van der Waals surface area contributed by atoms with Crippen LogP contribution in [-0.2, 0) is 7.05 Å². The first kappa shape index (κ1) is 10.4. The fourth-order valence-electron chi connectivity index (χ4n) is 2.21. The van der Waals surface area contributed by atoms with E-state index in [1.165, 1.54) is 6.42 Å². The Morgan fingerprint density at radius 3 is 2.88 bits per heavy atom. The first-order valence-electron chi connectivity index (χ1n) is 5.88. The highest BCUT2D eigenvalue weighted by Gasteiger charge is 2.17. The van der Waals surface area contributed by atoms with Crippen molar-refractivity contribution in [1.82, 2.24) is 25.1 Å². The van der Waals surface area contributed by atoms with Crippen molar-refractivity contribution >= 4 is 0 Å². The second-order valence-electron chi connectivity index (χ2n) is 4.32. The molecule has 3 heterocycles. The molecule has 1 fully saturated rings. The number of nitrogens with zero attached hydrogens (tertiary/aromatic N) is 4. The van der Waals surface area contributed by atoms with Crippen molar-refractivity contribution in [3.05, 3.63) is 30.4 Å². The second kappa shape index (κ2) is 4.25. The summed E-state index contributed by atoms with van der Waals surface area (Å²) in [6.07, 6.45) is 7.83. The van der Waals surface area contributed by atoms with Crippen LogP contribution in [0.15, 0.2) is 24.7 Å². The lowest BCUT2D eigenvalue weighted by atomic mass is 10.2. The zero-order valence-electron chi connectivity index (χ0n) is 9.80. The first-order valence-corrected chi connectivity index (χ1v) is 5.88. The topological polar surface area (TPSA) is 55.6 Å². The minimum atomic E-state index is 0.378. The summed E-state index contributed by atoms with van der Waals surface area (Å²) in [5.41, 5.74) is 2.89. The van der Waals surface area contributed by atoms with Gasteiger partial charge in [-0.15, -0.1) is 0 Å². The smallest absolute Gasteiger partial charge is 0.107 e. The van der Waals surface area contributed by atoms with Crippen LogP contribution in [0.4, 0.5) is 0 Å². The van der Waals surface area contributed by atoms with E-state index in [0.717, 1.165) is 30.0 Å². The van der Waals surface area contributed by atoms with Crippen LogP contribution in [0, 0.1) is 0 Å². The lowest BCUT2D eigenvalue weighted by Crippen LogP contribution is -2.14. The molecule has 0 aromatic carbocycles. The maximum Gasteiger partial charge on any atom is 0.107 e. The summed E-state index contributed by atoms with van der Waals surface area (Å²) < 4.78 is 1.80. The van der Waals surface area contributed by atoms with Gasteiger partial charge in [0.25, 0.3) is 0 Å². The zero-order valence-corrected chi connectivity index (χ0v) is 9.80. The number of rotatable bonds is 2. The van der Waals surface area contributed by atoms with Gasteiger partial charge in [0.15, 0.2) is 0 Å². The molecular formula is C12H15N5. The van der Waals surface area contributed by atoms with Crippen molar-refractivity contribution < 1.29 is 0 Å². The molecule has 5 heteroatoms. The van der Waals surface area contributed by atoms with Gasteiger partial charge in [0.05, 0.1) is 29.8 Å². The van der Waals surface area contributed by atoms with Crippen molar-refractivity contribution in [2.75, 3.05) is 6.54 Å². The van der Waals surface area contributed by atoms with Crippen LogP contribution >= 0.6 is 0 Å². The summed E-state index contributed by atoms with van der Waals surface area (Å²) in [5, 5.41) is 7.55. The standard InChI is InChI=1S/C12H15N5/c1-17-12(4-6-16-17)11-8-14-10(7-15-11)9-3-2-5-13-9/h4,6-9,13H,2-3,5H2,1H3/t9-/m1/s1. The number of hydrogen-bond donors (Lipinski definition) is 1. The van der Waals surface area contributed by atoms with E-state index in [1.54, 1.807) is 10.9 Å². The Kier molecular flexibility index (Phi) is 2.60. The molecular weight excluding hydrogens is 214 g/mol. The molecule has 0 aliphatic carbocycles. The zero-order chi connectivity index (χ0) is 11.7. The Bertz CT molecular complexity index is 496. The van der Waals surface area contributed by atoms with Gasteiger partial charge in [-0.2, -0.15) is 5.10 Å². The minimum absolute atomic E-state index is 0.378. The molecule has 0 spiro atoms. The molecule has 1 N–H and O–H groups in total. The Morgan fingerprint density at radius 2 is 2.29 bits per heavy atom. The molecule has 88 valence electrons. The van der Waals surface area contributed by atoms with Crippen LogP contribution in [0.3, 0.4) is 0 Å². The van der Waals surface area contributed by atoms with Crippen LogP contribution in [0.25, 0.3) is 11.4 Å². The molecule has 0 saturated carbocycles. The van der Waals surface area contributed by atoms with E-state index in [-0.39, 0.29) is 0 Å². The molecule has 1 aliphatic heterocycles. The molecule has 0 unspecified atom stereocenters. The maximum absolute atomic E-state index is 4.49. The van der Waals surface area contributed by atoms with Crippen LogP contribution in [0.1, 0.15) is 24.6 Å². The average molecular weight is 229 g/mol. The van der Waals surface area contributed by atoms with Gasteiger partial charge in [-0.3, -0.25) is 14.6 Å².